The number of para-hydroxylation sites is 2. The number of nitrogens with zero attached hydrogens (tertiary/aromatic N) is 3. The molecule has 188 valence electrons. The third-order valence-electron chi connectivity index (χ3n) is 7.25. The van der Waals surface area contributed by atoms with E-state index in [0.717, 1.165) is 42.8 Å². The molecule has 5 aromatic rings. The zero-order chi connectivity index (χ0) is 25.7. The SMILES string of the molecule is O=C(Nc1cnc2ccccc2c1)c1ccccc1N1CCN(C(c2ccccc2)c2ccccc2)CC1. The number of pyridine rings is 1. The Morgan fingerprint density at radius 1 is 0.711 bits per heavy atom. The number of amides is 1. The summed E-state index contributed by atoms with van der Waals surface area (Å²) in [6, 6.07) is 39.4. The van der Waals surface area contributed by atoms with E-state index in [0.29, 0.717) is 11.3 Å². The van der Waals surface area contributed by atoms with Crippen LogP contribution in [0.4, 0.5) is 11.4 Å². The highest BCUT2D eigenvalue weighted by Gasteiger charge is 2.27. The first-order chi connectivity index (χ1) is 18.8. The summed E-state index contributed by atoms with van der Waals surface area (Å²) in [6.07, 6.45) is 1.72. The predicted molar refractivity (Wildman–Crippen MR) is 155 cm³/mol. The fourth-order valence-electron chi connectivity index (χ4n) is 5.38. The molecule has 1 aliphatic rings. The van der Waals surface area contributed by atoms with Crippen molar-refractivity contribution < 1.29 is 4.79 Å². The first kappa shape index (κ1) is 23.9. The van der Waals surface area contributed by atoms with Crippen molar-refractivity contribution in [2.24, 2.45) is 0 Å². The number of aromatic nitrogens is 1. The lowest BCUT2D eigenvalue weighted by Crippen LogP contribution is -2.48. The molecule has 0 radical (unpaired) electrons. The smallest absolute Gasteiger partial charge is 0.257 e. The molecule has 0 spiro atoms. The minimum absolute atomic E-state index is 0.119. The van der Waals surface area contributed by atoms with Crippen LogP contribution < -0.4 is 10.2 Å². The fraction of sp³-hybridized carbons (Fsp3) is 0.152. The molecule has 0 aliphatic carbocycles. The molecule has 5 heteroatoms. The highest BCUT2D eigenvalue weighted by atomic mass is 16.1. The maximum atomic E-state index is 13.4. The van der Waals surface area contributed by atoms with Gasteiger partial charge in [0.05, 0.1) is 29.0 Å². The molecular formula is C33H30N4O. The van der Waals surface area contributed by atoms with Gasteiger partial charge < -0.3 is 10.2 Å². The van der Waals surface area contributed by atoms with Crippen molar-refractivity contribution in [3.8, 4) is 0 Å². The van der Waals surface area contributed by atoms with E-state index in [9.17, 15) is 4.79 Å². The van der Waals surface area contributed by atoms with Gasteiger partial charge in [-0.15, -0.1) is 0 Å². The van der Waals surface area contributed by atoms with Crippen LogP contribution in [-0.4, -0.2) is 42.0 Å². The summed E-state index contributed by atoms with van der Waals surface area (Å²) >= 11 is 0. The van der Waals surface area contributed by atoms with Crippen molar-refractivity contribution in [1.29, 1.82) is 0 Å². The summed E-state index contributed by atoms with van der Waals surface area (Å²) < 4.78 is 0. The summed E-state index contributed by atoms with van der Waals surface area (Å²) in [5.74, 6) is -0.119. The molecule has 1 aromatic heterocycles. The lowest BCUT2D eigenvalue weighted by atomic mass is 9.96. The van der Waals surface area contributed by atoms with E-state index in [2.05, 4.69) is 86.8 Å². The predicted octanol–water partition coefficient (Wildman–Crippen LogP) is 6.40. The number of rotatable bonds is 6. The van der Waals surface area contributed by atoms with Gasteiger partial charge in [-0.05, 0) is 35.4 Å². The standard InChI is InChI=1S/C33H30N4O/c38-33(35-28-23-27-15-7-9-17-30(27)34-24-28)29-16-8-10-18-31(29)36-19-21-37(22-20-36)32(25-11-3-1-4-12-25)26-13-5-2-6-14-26/h1-18,23-24,32H,19-22H2,(H,35,38). The maximum Gasteiger partial charge on any atom is 0.257 e. The van der Waals surface area contributed by atoms with Gasteiger partial charge in [0.15, 0.2) is 0 Å². The van der Waals surface area contributed by atoms with Crippen LogP contribution in [0.25, 0.3) is 10.9 Å². The summed E-state index contributed by atoms with van der Waals surface area (Å²) in [4.78, 5) is 22.7. The quantitative estimate of drug-likeness (QED) is 0.294. The van der Waals surface area contributed by atoms with Gasteiger partial charge >= 0.3 is 0 Å². The van der Waals surface area contributed by atoms with Gasteiger partial charge in [0, 0.05) is 37.3 Å². The Balaban J connectivity index is 1.20. The van der Waals surface area contributed by atoms with Gasteiger partial charge in [-0.2, -0.15) is 0 Å². The van der Waals surface area contributed by atoms with Crippen molar-refractivity contribution in [3.05, 3.63) is 138 Å². The van der Waals surface area contributed by atoms with Crippen LogP contribution in [0.1, 0.15) is 27.5 Å². The third kappa shape index (κ3) is 5.01. The molecule has 1 fully saturated rings. The number of anilines is 2. The molecule has 1 aliphatic heterocycles. The van der Waals surface area contributed by atoms with Gasteiger partial charge in [0.1, 0.15) is 0 Å². The number of benzene rings is 4. The minimum Gasteiger partial charge on any atom is -0.368 e. The largest absolute Gasteiger partial charge is 0.368 e. The lowest BCUT2D eigenvalue weighted by Gasteiger charge is -2.41. The fourth-order valence-corrected chi connectivity index (χ4v) is 5.38. The molecule has 0 unspecified atom stereocenters. The topological polar surface area (TPSA) is 48.5 Å². The van der Waals surface area contributed by atoms with E-state index < -0.39 is 0 Å². The minimum atomic E-state index is -0.119. The highest BCUT2D eigenvalue weighted by molar-refractivity contribution is 6.08. The van der Waals surface area contributed by atoms with Crippen molar-refractivity contribution in [3.63, 3.8) is 0 Å². The van der Waals surface area contributed by atoms with Gasteiger partial charge in [-0.1, -0.05) is 91.0 Å². The van der Waals surface area contributed by atoms with Crippen molar-refractivity contribution >= 4 is 28.2 Å². The Kier molecular flexibility index (Phi) is 6.83. The Morgan fingerprint density at radius 3 is 2.03 bits per heavy atom. The summed E-state index contributed by atoms with van der Waals surface area (Å²) in [5.41, 5.74) is 5.85. The maximum absolute atomic E-state index is 13.4. The van der Waals surface area contributed by atoms with E-state index in [-0.39, 0.29) is 11.9 Å². The molecule has 1 saturated heterocycles. The molecule has 0 atom stereocenters. The monoisotopic (exact) mass is 498 g/mol. The van der Waals surface area contributed by atoms with Gasteiger partial charge in [0.25, 0.3) is 5.91 Å². The second kappa shape index (κ2) is 10.9. The number of fused-ring (bicyclic) bond motifs is 1. The second-order valence-corrected chi connectivity index (χ2v) is 9.63. The lowest BCUT2D eigenvalue weighted by molar-refractivity contribution is 0.102. The summed E-state index contributed by atoms with van der Waals surface area (Å²) in [7, 11) is 0. The molecule has 1 amide bonds. The first-order valence-electron chi connectivity index (χ1n) is 13.1. The molecule has 38 heavy (non-hydrogen) atoms. The summed E-state index contributed by atoms with van der Waals surface area (Å²) in [6.45, 7) is 3.49. The van der Waals surface area contributed by atoms with E-state index in [4.69, 9.17) is 0 Å². The summed E-state index contributed by atoms with van der Waals surface area (Å²) in [5, 5.41) is 4.06. The molecule has 6 rings (SSSR count). The molecule has 1 N–H and O–H groups in total. The number of carbonyl (C=O) groups excluding carboxylic acids is 1. The van der Waals surface area contributed by atoms with E-state index in [1.54, 1.807) is 6.20 Å². The van der Waals surface area contributed by atoms with Crippen molar-refractivity contribution in [2.45, 2.75) is 6.04 Å². The van der Waals surface area contributed by atoms with Crippen LogP contribution in [0.5, 0.6) is 0 Å². The van der Waals surface area contributed by atoms with E-state index in [1.807, 2.05) is 48.5 Å². The molecule has 0 bridgehead atoms. The normalized spacial score (nSPS) is 14.1. The molecule has 5 nitrogen and oxygen atoms in total. The molecule has 4 aromatic carbocycles. The number of piperazine rings is 1. The van der Waals surface area contributed by atoms with Crippen molar-refractivity contribution in [1.82, 2.24) is 9.88 Å². The van der Waals surface area contributed by atoms with Crippen LogP contribution in [0.2, 0.25) is 0 Å². The average Bonchev–Trinajstić information content (AvgIpc) is 2.99. The Bertz CT molecular complexity index is 1490. The number of nitrogens with one attached hydrogen (secondary N) is 1. The van der Waals surface area contributed by atoms with Crippen molar-refractivity contribution in [2.75, 3.05) is 36.4 Å². The van der Waals surface area contributed by atoms with Crippen LogP contribution in [-0.2, 0) is 0 Å². The Labute approximate surface area is 223 Å². The number of hydrogen-bond acceptors (Lipinski definition) is 4. The molecule has 0 saturated carbocycles. The van der Waals surface area contributed by atoms with Gasteiger partial charge in [0.2, 0.25) is 0 Å². The Morgan fingerprint density at radius 2 is 1.32 bits per heavy atom. The van der Waals surface area contributed by atoms with Crippen LogP contribution >= 0.6 is 0 Å². The highest BCUT2D eigenvalue weighted by Crippen LogP contribution is 2.31. The molecule has 2 heterocycles. The third-order valence-corrected chi connectivity index (χ3v) is 7.25. The zero-order valence-electron chi connectivity index (χ0n) is 21.2. The second-order valence-electron chi connectivity index (χ2n) is 9.63. The average molecular weight is 499 g/mol. The number of hydrogen-bond donors (Lipinski definition) is 1. The van der Waals surface area contributed by atoms with E-state index in [1.165, 1.54) is 11.1 Å². The van der Waals surface area contributed by atoms with Gasteiger partial charge in [-0.25, -0.2) is 0 Å². The first-order valence-corrected chi connectivity index (χ1v) is 13.1. The van der Waals surface area contributed by atoms with E-state index >= 15 is 0 Å². The van der Waals surface area contributed by atoms with Crippen LogP contribution in [0, 0.1) is 0 Å². The van der Waals surface area contributed by atoms with Crippen LogP contribution in [0.15, 0.2) is 121 Å². The van der Waals surface area contributed by atoms with Gasteiger partial charge in [-0.3, -0.25) is 14.7 Å². The van der Waals surface area contributed by atoms with Crippen LogP contribution in [0.3, 0.4) is 0 Å². The zero-order valence-corrected chi connectivity index (χ0v) is 21.2. The number of carbonyl (C=O) groups is 1. The Hall–Kier alpha value is -4.48. The molecular weight excluding hydrogens is 468 g/mol.